The van der Waals surface area contributed by atoms with Crippen LogP contribution in [0.15, 0.2) is 114 Å². The van der Waals surface area contributed by atoms with Crippen LogP contribution in [0.1, 0.15) is 29.2 Å². The van der Waals surface area contributed by atoms with Crippen molar-refractivity contribution in [3.8, 4) is 22.3 Å². The minimum Gasteiger partial charge on any atom is -0.455 e. The Bertz CT molecular complexity index is 1670. The van der Waals surface area contributed by atoms with E-state index in [0.717, 1.165) is 16.7 Å². The first kappa shape index (κ1) is 19.4. The quantitative estimate of drug-likeness (QED) is 0.264. The van der Waals surface area contributed by atoms with Crippen LogP contribution in [0, 0.1) is 6.92 Å². The Balaban J connectivity index is 1.39. The molecule has 0 saturated heterocycles. The molecule has 0 atom stereocenters. The molecule has 1 heteroatoms. The van der Waals surface area contributed by atoms with Crippen molar-refractivity contribution in [3.63, 3.8) is 0 Å². The molecular weight excluding hydrogens is 412 g/mol. The zero-order valence-corrected chi connectivity index (χ0v) is 19.3. The van der Waals surface area contributed by atoms with Crippen molar-refractivity contribution in [1.29, 1.82) is 0 Å². The molecule has 1 heterocycles. The summed E-state index contributed by atoms with van der Waals surface area (Å²) >= 11 is 0. The summed E-state index contributed by atoms with van der Waals surface area (Å²) < 4.78 is 6.41. The van der Waals surface area contributed by atoms with Gasteiger partial charge in [0.1, 0.15) is 11.2 Å². The molecule has 0 aliphatic heterocycles. The molecule has 0 radical (unpaired) electrons. The van der Waals surface area contributed by atoms with Crippen molar-refractivity contribution < 1.29 is 4.42 Å². The summed E-state index contributed by atoms with van der Waals surface area (Å²) in [5, 5.41) is 2.35. The second-order valence-corrected chi connectivity index (χ2v) is 9.53. The number of furan rings is 1. The monoisotopic (exact) mass is 436 g/mol. The molecule has 0 fully saturated rings. The van der Waals surface area contributed by atoms with Crippen LogP contribution in [-0.4, -0.2) is 0 Å². The molecule has 7 rings (SSSR count). The van der Waals surface area contributed by atoms with Crippen molar-refractivity contribution in [2.45, 2.75) is 19.3 Å². The molecular formula is C33H24O. The molecule has 0 unspecified atom stereocenters. The van der Waals surface area contributed by atoms with Gasteiger partial charge in [0.2, 0.25) is 0 Å². The fraction of sp³-hybridized carbons (Fsp3) is 0.0909. The molecule has 34 heavy (non-hydrogen) atoms. The van der Waals surface area contributed by atoms with Crippen LogP contribution in [0.4, 0.5) is 0 Å². The van der Waals surface area contributed by atoms with Crippen LogP contribution in [0.3, 0.4) is 0 Å². The molecule has 1 aromatic heterocycles. The van der Waals surface area contributed by atoms with Gasteiger partial charge in [-0.15, -0.1) is 0 Å². The van der Waals surface area contributed by atoms with Crippen molar-refractivity contribution in [2.75, 3.05) is 0 Å². The lowest BCUT2D eigenvalue weighted by Gasteiger charge is -2.28. The van der Waals surface area contributed by atoms with E-state index < -0.39 is 0 Å². The number of benzene rings is 5. The highest BCUT2D eigenvalue weighted by atomic mass is 16.3. The van der Waals surface area contributed by atoms with Crippen molar-refractivity contribution >= 4 is 21.9 Å². The van der Waals surface area contributed by atoms with Gasteiger partial charge in [-0.25, -0.2) is 0 Å². The van der Waals surface area contributed by atoms with Crippen molar-refractivity contribution in [3.05, 3.63) is 131 Å². The Morgan fingerprint density at radius 2 is 1.09 bits per heavy atom. The van der Waals surface area contributed by atoms with E-state index in [1.807, 2.05) is 0 Å². The summed E-state index contributed by atoms with van der Waals surface area (Å²) in [7, 11) is 0. The summed E-state index contributed by atoms with van der Waals surface area (Å²) in [6, 6.07) is 39.5. The van der Waals surface area contributed by atoms with E-state index in [0.29, 0.717) is 0 Å². The molecule has 162 valence electrons. The normalized spacial score (nSPS) is 13.8. The van der Waals surface area contributed by atoms with E-state index in [1.165, 1.54) is 49.7 Å². The van der Waals surface area contributed by atoms with Crippen LogP contribution in [0.5, 0.6) is 0 Å². The van der Waals surface area contributed by atoms with Gasteiger partial charge >= 0.3 is 0 Å². The Morgan fingerprint density at radius 1 is 0.529 bits per heavy atom. The minimum absolute atomic E-state index is 0.172. The van der Waals surface area contributed by atoms with Crippen LogP contribution >= 0.6 is 0 Å². The number of hydrogen-bond donors (Lipinski definition) is 0. The van der Waals surface area contributed by atoms with Gasteiger partial charge < -0.3 is 4.42 Å². The van der Waals surface area contributed by atoms with Gasteiger partial charge in [0, 0.05) is 21.8 Å². The molecule has 0 amide bonds. The third-order valence-corrected chi connectivity index (χ3v) is 7.72. The zero-order chi connectivity index (χ0) is 22.9. The number of rotatable bonds is 2. The molecule has 0 bridgehead atoms. The summed E-state index contributed by atoms with van der Waals surface area (Å²) in [5.41, 5.74) is 12.0. The highest BCUT2D eigenvalue weighted by molar-refractivity contribution is 6.10. The maximum atomic E-state index is 6.41. The number of aryl methyl sites for hydroxylation is 1. The lowest BCUT2D eigenvalue weighted by Crippen LogP contribution is -2.22. The Hall–Kier alpha value is -4.10. The molecule has 1 nitrogen and oxygen atoms in total. The highest BCUT2D eigenvalue weighted by Crippen LogP contribution is 2.52. The van der Waals surface area contributed by atoms with Crippen LogP contribution in [0.2, 0.25) is 0 Å². The first-order valence-corrected chi connectivity index (χ1v) is 11.9. The average Bonchev–Trinajstić information content (AvgIpc) is 3.40. The molecule has 1 aliphatic carbocycles. The van der Waals surface area contributed by atoms with Gasteiger partial charge in [0.15, 0.2) is 0 Å². The number of hydrogen-bond acceptors (Lipinski definition) is 1. The van der Waals surface area contributed by atoms with Crippen molar-refractivity contribution in [1.82, 2.24) is 0 Å². The summed E-state index contributed by atoms with van der Waals surface area (Å²) in [6.45, 7) is 4.46. The lowest BCUT2D eigenvalue weighted by atomic mass is 9.74. The van der Waals surface area contributed by atoms with E-state index in [4.69, 9.17) is 4.42 Å². The van der Waals surface area contributed by atoms with E-state index >= 15 is 0 Å². The predicted molar refractivity (Wildman–Crippen MR) is 141 cm³/mol. The summed E-state index contributed by atoms with van der Waals surface area (Å²) in [6.07, 6.45) is 0. The SMILES string of the molecule is Cc1cccc2c1oc1c(-c3ccc(C4(C)c5ccccc5-c5ccccc54)cc3)cccc12. The predicted octanol–water partition coefficient (Wildman–Crippen LogP) is 8.90. The maximum Gasteiger partial charge on any atom is 0.143 e. The lowest BCUT2D eigenvalue weighted by molar-refractivity contribution is 0.667. The maximum absolute atomic E-state index is 6.41. The smallest absolute Gasteiger partial charge is 0.143 e. The van der Waals surface area contributed by atoms with Gasteiger partial charge in [0.05, 0.1) is 0 Å². The Labute approximate surface area is 199 Å². The standard InChI is InChI=1S/C33H24O/c1-21-9-7-13-27-28-14-8-12-24(32(28)34-31(21)27)22-17-19-23(20-18-22)33(2)29-15-5-3-10-25(29)26-11-4-6-16-30(26)33/h3-20H,1-2H3. The second-order valence-electron chi connectivity index (χ2n) is 9.53. The van der Waals surface area contributed by atoms with E-state index in [1.54, 1.807) is 0 Å². The number of fused-ring (bicyclic) bond motifs is 6. The zero-order valence-electron chi connectivity index (χ0n) is 19.3. The highest BCUT2D eigenvalue weighted by Gasteiger charge is 2.40. The van der Waals surface area contributed by atoms with Crippen LogP contribution < -0.4 is 0 Å². The molecule has 5 aromatic carbocycles. The minimum atomic E-state index is -0.172. The van der Waals surface area contributed by atoms with Gasteiger partial charge in [-0.2, -0.15) is 0 Å². The van der Waals surface area contributed by atoms with Gasteiger partial charge in [-0.3, -0.25) is 0 Å². The summed E-state index contributed by atoms with van der Waals surface area (Å²) in [4.78, 5) is 0. The van der Waals surface area contributed by atoms with Crippen LogP contribution in [0.25, 0.3) is 44.2 Å². The first-order valence-electron chi connectivity index (χ1n) is 11.9. The Kier molecular flexibility index (Phi) is 3.96. The fourth-order valence-corrected chi connectivity index (χ4v) is 5.94. The van der Waals surface area contributed by atoms with E-state index in [9.17, 15) is 0 Å². The second kappa shape index (κ2) is 6.95. The Morgan fingerprint density at radius 3 is 1.76 bits per heavy atom. The molecule has 1 aliphatic rings. The van der Waals surface area contributed by atoms with Crippen molar-refractivity contribution in [2.24, 2.45) is 0 Å². The largest absolute Gasteiger partial charge is 0.455 e. The van der Waals surface area contributed by atoms with Gasteiger partial charge in [0.25, 0.3) is 0 Å². The third kappa shape index (κ3) is 2.50. The molecule has 0 N–H and O–H groups in total. The van der Waals surface area contributed by atoms with Crippen LogP contribution in [-0.2, 0) is 5.41 Å². The topological polar surface area (TPSA) is 13.1 Å². The first-order chi connectivity index (χ1) is 16.7. The molecule has 0 saturated carbocycles. The van der Waals surface area contributed by atoms with Gasteiger partial charge in [-0.1, -0.05) is 109 Å². The number of para-hydroxylation sites is 2. The van der Waals surface area contributed by atoms with E-state index in [-0.39, 0.29) is 5.41 Å². The fourth-order valence-electron chi connectivity index (χ4n) is 5.94. The summed E-state index contributed by atoms with van der Waals surface area (Å²) in [5.74, 6) is 0. The van der Waals surface area contributed by atoms with Gasteiger partial charge in [-0.05, 0) is 52.8 Å². The molecule has 6 aromatic rings. The van der Waals surface area contributed by atoms with E-state index in [2.05, 4.69) is 123 Å². The average molecular weight is 437 g/mol. The molecule has 0 spiro atoms. The third-order valence-electron chi connectivity index (χ3n) is 7.72.